The van der Waals surface area contributed by atoms with Crippen LogP contribution in [0, 0.1) is 0 Å². The third-order valence-electron chi connectivity index (χ3n) is 7.34. The molecule has 0 aliphatic carbocycles. The van der Waals surface area contributed by atoms with Crippen LogP contribution < -0.4 is 9.62 Å². The number of halogens is 3. The molecular weight excluding hydrogens is 697 g/mol. The van der Waals surface area contributed by atoms with Gasteiger partial charge in [-0.3, -0.25) is 13.9 Å². The molecule has 0 spiro atoms. The minimum atomic E-state index is -4.24. The summed E-state index contributed by atoms with van der Waals surface area (Å²) in [5, 5.41) is 3.41. The number of benzene rings is 4. The lowest BCUT2D eigenvalue weighted by Crippen LogP contribution is -2.54. The van der Waals surface area contributed by atoms with Gasteiger partial charge in [0.2, 0.25) is 11.8 Å². The van der Waals surface area contributed by atoms with E-state index in [1.165, 1.54) is 35.2 Å². The summed E-state index contributed by atoms with van der Waals surface area (Å²) < 4.78 is 30.0. The predicted octanol–water partition coefficient (Wildman–Crippen LogP) is 7.51. The molecule has 4 rings (SSSR count). The number of rotatable bonds is 13. The Balaban J connectivity index is 1.81. The number of carbonyl (C=O) groups is 2. The molecule has 2 amide bonds. The first kappa shape index (κ1) is 34.5. The fraction of sp³-hybridized carbons (Fsp3) is 0.235. The molecule has 4 aromatic rings. The van der Waals surface area contributed by atoms with Crippen LogP contribution in [0.15, 0.2) is 112 Å². The maximum atomic E-state index is 14.5. The van der Waals surface area contributed by atoms with Crippen LogP contribution in [0.4, 0.5) is 5.69 Å². The van der Waals surface area contributed by atoms with E-state index < -0.39 is 28.5 Å². The third kappa shape index (κ3) is 9.10. The van der Waals surface area contributed by atoms with Crippen LogP contribution >= 0.6 is 39.1 Å². The van der Waals surface area contributed by atoms with Gasteiger partial charge in [-0.25, -0.2) is 8.42 Å². The summed E-state index contributed by atoms with van der Waals surface area (Å²) in [6.07, 6.45) is 0.925. The van der Waals surface area contributed by atoms with E-state index in [1.54, 1.807) is 18.2 Å². The van der Waals surface area contributed by atoms with Gasteiger partial charge in [0.25, 0.3) is 10.0 Å². The lowest BCUT2D eigenvalue weighted by atomic mass is 10.0. The molecule has 0 radical (unpaired) electrons. The second kappa shape index (κ2) is 15.8. The Kier molecular flexibility index (Phi) is 12.1. The molecule has 2 atom stereocenters. The molecule has 0 saturated heterocycles. The van der Waals surface area contributed by atoms with E-state index in [1.807, 2.05) is 68.4 Å². The second-order valence-corrected chi connectivity index (χ2v) is 14.2. The molecule has 0 saturated carbocycles. The largest absolute Gasteiger partial charge is 0.352 e. The highest BCUT2D eigenvalue weighted by Crippen LogP contribution is 2.31. The lowest BCUT2D eigenvalue weighted by Gasteiger charge is -2.34. The molecule has 0 aliphatic heterocycles. The van der Waals surface area contributed by atoms with E-state index in [2.05, 4.69) is 21.2 Å². The van der Waals surface area contributed by atoms with Crippen molar-refractivity contribution in [3.63, 3.8) is 0 Å². The molecule has 0 aromatic heterocycles. The lowest BCUT2D eigenvalue weighted by molar-refractivity contribution is -0.140. The molecule has 0 heterocycles. The van der Waals surface area contributed by atoms with E-state index >= 15 is 0 Å². The summed E-state index contributed by atoms with van der Waals surface area (Å²) >= 11 is 15.9. The highest BCUT2D eigenvalue weighted by molar-refractivity contribution is 9.10. The number of anilines is 1. The maximum absolute atomic E-state index is 14.5. The molecule has 45 heavy (non-hydrogen) atoms. The van der Waals surface area contributed by atoms with Crippen molar-refractivity contribution in [1.82, 2.24) is 10.2 Å². The van der Waals surface area contributed by atoms with Crippen molar-refractivity contribution in [1.29, 1.82) is 0 Å². The average molecular weight is 732 g/mol. The summed E-state index contributed by atoms with van der Waals surface area (Å²) in [5.74, 6) is -0.894. The van der Waals surface area contributed by atoms with Gasteiger partial charge in [0.05, 0.1) is 20.6 Å². The molecule has 236 valence electrons. The van der Waals surface area contributed by atoms with Crippen LogP contribution in [0.1, 0.15) is 31.4 Å². The molecule has 0 fully saturated rings. The van der Waals surface area contributed by atoms with Crippen molar-refractivity contribution in [2.45, 2.75) is 50.2 Å². The number of carbonyl (C=O) groups excluding carboxylic acids is 2. The first-order chi connectivity index (χ1) is 21.5. The molecule has 0 bridgehead atoms. The Morgan fingerprint density at radius 1 is 0.844 bits per heavy atom. The first-order valence-electron chi connectivity index (χ1n) is 14.4. The number of hydrogen-bond acceptors (Lipinski definition) is 4. The zero-order chi connectivity index (χ0) is 32.6. The molecule has 4 aromatic carbocycles. The van der Waals surface area contributed by atoms with Gasteiger partial charge < -0.3 is 10.2 Å². The van der Waals surface area contributed by atoms with Crippen LogP contribution in [-0.2, 0) is 32.6 Å². The van der Waals surface area contributed by atoms with Crippen molar-refractivity contribution in [3.8, 4) is 0 Å². The number of hydrogen-bond donors (Lipinski definition) is 1. The Labute approximate surface area is 283 Å². The highest BCUT2D eigenvalue weighted by atomic mass is 79.9. The summed E-state index contributed by atoms with van der Waals surface area (Å²) in [4.78, 5) is 29.8. The normalized spacial score (nSPS) is 12.6. The number of nitrogens with zero attached hydrogens (tertiary/aromatic N) is 2. The molecule has 7 nitrogen and oxygen atoms in total. The van der Waals surface area contributed by atoms with Crippen molar-refractivity contribution in [3.05, 3.63) is 129 Å². The van der Waals surface area contributed by atoms with E-state index in [9.17, 15) is 18.0 Å². The Morgan fingerprint density at radius 2 is 1.47 bits per heavy atom. The summed E-state index contributed by atoms with van der Waals surface area (Å²) in [6.45, 7) is 3.34. The molecule has 0 aliphatic rings. The van der Waals surface area contributed by atoms with Crippen molar-refractivity contribution in [2.24, 2.45) is 0 Å². The maximum Gasteiger partial charge on any atom is 0.264 e. The number of amides is 2. The van der Waals surface area contributed by atoms with Crippen LogP contribution in [0.2, 0.25) is 10.0 Å². The van der Waals surface area contributed by atoms with Gasteiger partial charge in [0, 0.05) is 23.5 Å². The van der Waals surface area contributed by atoms with Gasteiger partial charge in [-0.1, -0.05) is 107 Å². The van der Waals surface area contributed by atoms with Gasteiger partial charge in [-0.15, -0.1) is 0 Å². The number of nitrogens with one attached hydrogen (secondary N) is 1. The number of sulfonamides is 1. The topological polar surface area (TPSA) is 86.8 Å². The minimum Gasteiger partial charge on any atom is -0.352 e. The van der Waals surface area contributed by atoms with Crippen molar-refractivity contribution >= 4 is 66.7 Å². The summed E-state index contributed by atoms with van der Waals surface area (Å²) in [7, 11) is -4.24. The summed E-state index contributed by atoms with van der Waals surface area (Å²) in [5.41, 5.74) is 1.79. The van der Waals surface area contributed by atoms with E-state index in [0.717, 1.165) is 19.9 Å². The smallest absolute Gasteiger partial charge is 0.264 e. The van der Waals surface area contributed by atoms with Gasteiger partial charge in [-0.2, -0.15) is 0 Å². The van der Waals surface area contributed by atoms with Gasteiger partial charge in [0.15, 0.2) is 0 Å². The van der Waals surface area contributed by atoms with Crippen LogP contribution in [0.3, 0.4) is 0 Å². The van der Waals surface area contributed by atoms with E-state index in [0.29, 0.717) is 6.42 Å². The standard InChI is InChI=1S/C34H34BrCl2N3O4S/c1-3-24(2)38-34(42)32(20-25-10-6-4-7-11-25)39(22-26-14-16-27(35)17-15-26)33(41)23-40(28-18-19-30(36)31(37)21-28)45(43,44)29-12-8-5-9-13-29/h4-19,21,24,32H,3,20,22-23H2,1-2H3,(H,38,42)/t24-,32+/m1/s1. The Morgan fingerprint density at radius 3 is 2.07 bits per heavy atom. The zero-order valence-corrected chi connectivity index (χ0v) is 28.8. The van der Waals surface area contributed by atoms with Gasteiger partial charge >= 0.3 is 0 Å². The van der Waals surface area contributed by atoms with E-state index in [4.69, 9.17) is 23.2 Å². The monoisotopic (exact) mass is 729 g/mol. The fourth-order valence-corrected chi connectivity index (χ4v) is 6.65. The molecular formula is C34H34BrCl2N3O4S. The van der Waals surface area contributed by atoms with Crippen molar-refractivity contribution in [2.75, 3.05) is 10.8 Å². The SMILES string of the molecule is CC[C@@H](C)NC(=O)[C@H](Cc1ccccc1)N(Cc1ccc(Br)cc1)C(=O)CN(c1ccc(Cl)c(Cl)c1)S(=O)(=O)c1ccccc1. The quantitative estimate of drug-likeness (QED) is 0.154. The fourth-order valence-electron chi connectivity index (χ4n) is 4.67. The van der Waals surface area contributed by atoms with Gasteiger partial charge in [-0.05, 0) is 66.9 Å². The molecule has 0 unspecified atom stereocenters. The van der Waals surface area contributed by atoms with E-state index in [-0.39, 0.29) is 45.5 Å². The predicted molar refractivity (Wildman–Crippen MR) is 184 cm³/mol. The second-order valence-electron chi connectivity index (χ2n) is 10.6. The Bertz CT molecular complexity index is 1710. The van der Waals surface area contributed by atoms with Gasteiger partial charge in [0.1, 0.15) is 12.6 Å². The zero-order valence-electron chi connectivity index (χ0n) is 24.9. The van der Waals surface area contributed by atoms with Crippen molar-refractivity contribution < 1.29 is 18.0 Å². The molecule has 11 heteroatoms. The highest BCUT2D eigenvalue weighted by Gasteiger charge is 2.35. The minimum absolute atomic E-state index is 0.00122. The third-order valence-corrected chi connectivity index (χ3v) is 10.4. The molecule has 1 N–H and O–H groups in total. The Hall–Kier alpha value is -3.37. The summed E-state index contributed by atoms with van der Waals surface area (Å²) in [6, 6.07) is 28.0. The first-order valence-corrected chi connectivity index (χ1v) is 17.4. The van der Waals surface area contributed by atoms with Crippen LogP contribution in [-0.4, -0.2) is 43.8 Å². The van der Waals surface area contributed by atoms with Crippen LogP contribution in [0.25, 0.3) is 0 Å². The van der Waals surface area contributed by atoms with Crippen LogP contribution in [0.5, 0.6) is 0 Å². The average Bonchev–Trinajstić information content (AvgIpc) is 3.04.